The molecule has 0 aliphatic heterocycles. The Morgan fingerprint density at radius 3 is 2.20 bits per heavy atom. The van der Waals surface area contributed by atoms with Crippen LogP contribution < -0.4 is 11.5 Å². The third-order valence-electron chi connectivity index (χ3n) is 1.65. The average Bonchev–Trinajstić information content (AvgIpc) is 1.90. The Hall–Kier alpha value is -0.340. The highest BCUT2D eigenvalue weighted by atomic mass is 14.6. The van der Waals surface area contributed by atoms with E-state index in [9.17, 15) is 0 Å². The van der Waals surface area contributed by atoms with Crippen molar-refractivity contribution >= 4 is 0 Å². The molecule has 2 heteroatoms. The summed E-state index contributed by atoms with van der Waals surface area (Å²) in [4.78, 5) is 0. The molecule has 0 amide bonds. The summed E-state index contributed by atoms with van der Waals surface area (Å²) in [5, 5.41) is 0. The lowest BCUT2D eigenvalue weighted by Gasteiger charge is -2.10. The third kappa shape index (κ3) is 4.53. The summed E-state index contributed by atoms with van der Waals surface area (Å²) in [6.07, 6.45) is 2.14. The minimum Gasteiger partial charge on any atom is -0.330 e. The summed E-state index contributed by atoms with van der Waals surface area (Å²) >= 11 is 0. The third-order valence-corrected chi connectivity index (χ3v) is 1.65. The second kappa shape index (κ2) is 5.45. The van der Waals surface area contributed by atoms with Crippen LogP contribution in [0.5, 0.6) is 0 Å². The van der Waals surface area contributed by atoms with Gasteiger partial charge >= 0.3 is 0 Å². The lowest BCUT2D eigenvalue weighted by atomic mass is 10.0. The van der Waals surface area contributed by atoms with Crippen LogP contribution in [0.2, 0.25) is 0 Å². The highest BCUT2D eigenvalue weighted by Crippen LogP contribution is 2.07. The number of hydrogen-bond acceptors (Lipinski definition) is 2. The van der Waals surface area contributed by atoms with Crippen LogP contribution in [0.3, 0.4) is 0 Å². The summed E-state index contributed by atoms with van der Waals surface area (Å²) in [5.41, 5.74) is 12.1. The van der Waals surface area contributed by atoms with Crippen LogP contribution in [0.1, 0.15) is 19.8 Å². The van der Waals surface area contributed by atoms with E-state index in [1.165, 1.54) is 5.57 Å². The number of hydrogen-bond donors (Lipinski definition) is 2. The van der Waals surface area contributed by atoms with Gasteiger partial charge in [-0.1, -0.05) is 5.57 Å². The van der Waals surface area contributed by atoms with Crippen LogP contribution in [0, 0.1) is 5.92 Å². The molecule has 10 heavy (non-hydrogen) atoms. The summed E-state index contributed by atoms with van der Waals surface area (Å²) in [5.74, 6) is 0.483. The maximum absolute atomic E-state index is 5.46. The van der Waals surface area contributed by atoms with Crippen LogP contribution in [-0.4, -0.2) is 13.1 Å². The number of nitrogens with two attached hydrogens (primary N) is 2. The zero-order valence-electron chi connectivity index (χ0n) is 6.77. The van der Waals surface area contributed by atoms with Crippen molar-refractivity contribution in [1.82, 2.24) is 0 Å². The van der Waals surface area contributed by atoms with Crippen molar-refractivity contribution in [2.45, 2.75) is 19.8 Å². The van der Waals surface area contributed by atoms with Crippen molar-refractivity contribution < 1.29 is 0 Å². The van der Waals surface area contributed by atoms with Crippen molar-refractivity contribution in [3.63, 3.8) is 0 Å². The highest BCUT2D eigenvalue weighted by molar-refractivity contribution is 4.88. The molecule has 0 unspecified atom stereocenters. The fraction of sp³-hybridized carbons (Fsp3) is 0.750. The maximum Gasteiger partial charge on any atom is -0.00367 e. The van der Waals surface area contributed by atoms with E-state index in [4.69, 9.17) is 11.5 Å². The molecule has 0 spiro atoms. The monoisotopic (exact) mass is 142 g/mol. The molecule has 0 aliphatic rings. The highest BCUT2D eigenvalue weighted by Gasteiger charge is 2.02. The first-order valence-corrected chi connectivity index (χ1v) is 3.75. The summed E-state index contributed by atoms with van der Waals surface area (Å²) in [6.45, 7) is 7.24. The standard InChI is InChI=1S/C8H18N2/c1-7(2)3-4-8(5-9)6-10/h8H,1,3-6,9-10H2,2H3. The lowest BCUT2D eigenvalue weighted by molar-refractivity contribution is 0.507. The molecule has 0 aromatic heterocycles. The summed E-state index contributed by atoms with van der Waals surface area (Å²) < 4.78 is 0. The molecule has 0 bridgehead atoms. The molecular weight excluding hydrogens is 124 g/mol. The molecule has 0 atom stereocenters. The van der Waals surface area contributed by atoms with Gasteiger partial charge in [-0.15, -0.1) is 6.58 Å². The largest absolute Gasteiger partial charge is 0.330 e. The maximum atomic E-state index is 5.46. The Labute approximate surface area is 63.3 Å². The minimum absolute atomic E-state index is 0.483. The van der Waals surface area contributed by atoms with Crippen LogP contribution in [0.25, 0.3) is 0 Å². The molecule has 0 heterocycles. The van der Waals surface area contributed by atoms with E-state index < -0.39 is 0 Å². The Morgan fingerprint density at radius 2 is 1.90 bits per heavy atom. The first-order chi connectivity index (χ1) is 4.70. The molecule has 0 aliphatic carbocycles. The predicted molar refractivity (Wildman–Crippen MR) is 45.6 cm³/mol. The van der Waals surface area contributed by atoms with E-state index in [0.29, 0.717) is 19.0 Å². The van der Waals surface area contributed by atoms with E-state index >= 15 is 0 Å². The first-order valence-electron chi connectivity index (χ1n) is 3.75. The smallest absolute Gasteiger partial charge is 0.00367 e. The van der Waals surface area contributed by atoms with Crippen molar-refractivity contribution in [1.29, 1.82) is 0 Å². The second-order valence-corrected chi connectivity index (χ2v) is 2.83. The van der Waals surface area contributed by atoms with E-state index in [1.54, 1.807) is 0 Å². The van der Waals surface area contributed by atoms with Gasteiger partial charge in [0.2, 0.25) is 0 Å². The zero-order valence-corrected chi connectivity index (χ0v) is 6.77. The van der Waals surface area contributed by atoms with E-state index in [2.05, 4.69) is 6.58 Å². The predicted octanol–water partition coefficient (Wildman–Crippen LogP) is 0.876. The lowest BCUT2D eigenvalue weighted by Crippen LogP contribution is -2.23. The Balaban J connectivity index is 3.34. The van der Waals surface area contributed by atoms with Crippen LogP contribution >= 0.6 is 0 Å². The van der Waals surface area contributed by atoms with Gasteiger partial charge in [0.05, 0.1) is 0 Å². The number of allylic oxidation sites excluding steroid dienone is 1. The van der Waals surface area contributed by atoms with Crippen molar-refractivity contribution in [2.75, 3.05) is 13.1 Å². The summed E-state index contributed by atoms with van der Waals surface area (Å²) in [6, 6.07) is 0. The number of rotatable bonds is 5. The van der Waals surface area contributed by atoms with E-state index in [1.807, 2.05) is 6.92 Å². The Morgan fingerprint density at radius 1 is 1.40 bits per heavy atom. The Kier molecular flexibility index (Phi) is 5.26. The normalized spacial score (nSPS) is 10.4. The van der Waals surface area contributed by atoms with E-state index in [-0.39, 0.29) is 0 Å². The van der Waals surface area contributed by atoms with Gasteiger partial charge in [0.25, 0.3) is 0 Å². The Bertz CT molecular complexity index is 95.4. The van der Waals surface area contributed by atoms with Crippen molar-refractivity contribution in [3.8, 4) is 0 Å². The van der Waals surface area contributed by atoms with Crippen LogP contribution in [0.15, 0.2) is 12.2 Å². The van der Waals surface area contributed by atoms with Gasteiger partial charge < -0.3 is 11.5 Å². The molecule has 60 valence electrons. The van der Waals surface area contributed by atoms with Crippen molar-refractivity contribution in [2.24, 2.45) is 17.4 Å². The molecule has 4 N–H and O–H groups in total. The molecule has 0 saturated heterocycles. The van der Waals surface area contributed by atoms with Gasteiger partial charge in [-0.2, -0.15) is 0 Å². The molecule has 0 rings (SSSR count). The zero-order chi connectivity index (χ0) is 7.98. The van der Waals surface area contributed by atoms with Gasteiger partial charge in [0.1, 0.15) is 0 Å². The van der Waals surface area contributed by atoms with Gasteiger partial charge in [-0.3, -0.25) is 0 Å². The average molecular weight is 142 g/mol. The molecular formula is C8H18N2. The summed E-state index contributed by atoms with van der Waals surface area (Å²) in [7, 11) is 0. The SMILES string of the molecule is C=C(C)CCC(CN)CN. The van der Waals surface area contributed by atoms with Gasteiger partial charge in [0.15, 0.2) is 0 Å². The van der Waals surface area contributed by atoms with Crippen LogP contribution in [-0.2, 0) is 0 Å². The molecule has 0 aromatic carbocycles. The molecule has 0 saturated carbocycles. The quantitative estimate of drug-likeness (QED) is 0.560. The minimum atomic E-state index is 0.483. The molecule has 0 fully saturated rings. The van der Waals surface area contributed by atoms with Crippen LogP contribution in [0.4, 0.5) is 0 Å². The fourth-order valence-corrected chi connectivity index (χ4v) is 0.782. The van der Waals surface area contributed by atoms with E-state index in [0.717, 1.165) is 12.8 Å². The fourth-order valence-electron chi connectivity index (χ4n) is 0.782. The first kappa shape index (κ1) is 9.66. The molecule has 2 nitrogen and oxygen atoms in total. The van der Waals surface area contributed by atoms with Gasteiger partial charge in [-0.05, 0) is 38.8 Å². The molecule has 0 aromatic rings. The van der Waals surface area contributed by atoms with Crippen molar-refractivity contribution in [3.05, 3.63) is 12.2 Å². The van der Waals surface area contributed by atoms with Gasteiger partial charge in [-0.25, -0.2) is 0 Å². The molecule has 0 radical (unpaired) electrons. The topological polar surface area (TPSA) is 52.0 Å². The van der Waals surface area contributed by atoms with Gasteiger partial charge in [0, 0.05) is 0 Å². The second-order valence-electron chi connectivity index (χ2n) is 2.83.